The van der Waals surface area contributed by atoms with E-state index in [1.54, 1.807) is 44.4 Å². The smallest absolute Gasteiger partial charge is 0.266 e. The Kier molecular flexibility index (Phi) is 8.47. The summed E-state index contributed by atoms with van der Waals surface area (Å²) in [4.78, 5) is 12.9. The number of rotatable bonds is 9. The number of amides is 1. The van der Waals surface area contributed by atoms with Crippen LogP contribution in [0.25, 0.3) is 16.8 Å². The summed E-state index contributed by atoms with van der Waals surface area (Å²) in [6.07, 6.45) is 3.81. The summed E-state index contributed by atoms with van der Waals surface area (Å²) in [7, 11) is 1.56. The van der Waals surface area contributed by atoms with Crippen LogP contribution in [0.15, 0.2) is 91.0 Å². The molecule has 190 valence electrons. The van der Waals surface area contributed by atoms with Gasteiger partial charge < -0.3 is 14.8 Å². The minimum absolute atomic E-state index is 0.0548. The Morgan fingerprint density at radius 1 is 1.08 bits per heavy atom. The summed E-state index contributed by atoms with van der Waals surface area (Å²) in [6.45, 7) is 6.02. The molecular weight excluding hydrogens is 496 g/mol. The Bertz CT molecular complexity index is 1580. The number of methoxy groups -OCH3 is 1. The third-order valence-corrected chi connectivity index (χ3v) is 6.54. The van der Waals surface area contributed by atoms with Crippen LogP contribution in [-0.4, -0.2) is 13.0 Å². The van der Waals surface area contributed by atoms with Gasteiger partial charge in [-0.1, -0.05) is 60.1 Å². The second kappa shape index (κ2) is 12.1. The predicted octanol–water partition coefficient (Wildman–Crippen LogP) is 7.66. The fourth-order valence-corrected chi connectivity index (χ4v) is 4.30. The van der Waals surface area contributed by atoms with Gasteiger partial charge in [-0.2, -0.15) is 5.26 Å². The molecule has 0 bridgehead atoms. The van der Waals surface area contributed by atoms with Crippen LogP contribution in [0.5, 0.6) is 11.5 Å². The monoisotopic (exact) mass is 522 g/mol. The molecule has 0 spiro atoms. The molecule has 4 aromatic carbocycles. The maximum atomic E-state index is 12.9. The van der Waals surface area contributed by atoms with Crippen molar-refractivity contribution in [2.24, 2.45) is 0 Å². The number of hydrogen-bond donors (Lipinski definition) is 1. The number of allylic oxidation sites excluding steroid dienone is 1. The van der Waals surface area contributed by atoms with Crippen molar-refractivity contribution in [3.63, 3.8) is 0 Å². The highest BCUT2D eigenvalue weighted by molar-refractivity contribution is 6.31. The molecular formula is C32H27ClN2O3. The molecule has 4 rings (SSSR count). The number of carbonyl (C=O) groups is 1. The quantitative estimate of drug-likeness (QED) is 0.139. The number of halogens is 1. The molecule has 0 heterocycles. The molecule has 0 fully saturated rings. The molecule has 0 radical (unpaired) electrons. The van der Waals surface area contributed by atoms with Crippen LogP contribution < -0.4 is 14.8 Å². The summed E-state index contributed by atoms with van der Waals surface area (Å²) >= 11 is 6.16. The van der Waals surface area contributed by atoms with Crippen LogP contribution in [0.2, 0.25) is 5.02 Å². The highest BCUT2D eigenvalue weighted by Crippen LogP contribution is 2.35. The van der Waals surface area contributed by atoms with Crippen molar-refractivity contribution in [3.05, 3.63) is 118 Å². The highest BCUT2D eigenvalue weighted by atomic mass is 35.5. The van der Waals surface area contributed by atoms with Crippen molar-refractivity contribution in [3.8, 4) is 17.6 Å². The van der Waals surface area contributed by atoms with E-state index in [-0.39, 0.29) is 5.57 Å². The fourth-order valence-electron chi connectivity index (χ4n) is 4.12. The lowest BCUT2D eigenvalue weighted by molar-refractivity contribution is -0.112. The van der Waals surface area contributed by atoms with Gasteiger partial charge in [-0.15, -0.1) is 6.58 Å². The third-order valence-electron chi connectivity index (χ3n) is 6.13. The topological polar surface area (TPSA) is 71.4 Å². The Balaban J connectivity index is 1.61. The first-order valence-electron chi connectivity index (χ1n) is 12.0. The second-order valence-electron chi connectivity index (χ2n) is 8.71. The summed E-state index contributed by atoms with van der Waals surface area (Å²) in [5, 5.41) is 15.3. The molecule has 0 atom stereocenters. The van der Waals surface area contributed by atoms with Crippen molar-refractivity contribution < 1.29 is 14.3 Å². The number of nitrogens with one attached hydrogen (secondary N) is 1. The first-order chi connectivity index (χ1) is 18.4. The van der Waals surface area contributed by atoms with Gasteiger partial charge in [0.15, 0.2) is 11.5 Å². The SMILES string of the molecule is C=CCc1cc(/C=C(\C#N)C(=O)Nc2cccc(Cl)c2C)cc(OC)c1OCc1ccc2ccccc2c1. The minimum Gasteiger partial charge on any atom is -0.493 e. The van der Waals surface area contributed by atoms with Crippen molar-refractivity contribution in [1.82, 2.24) is 0 Å². The molecule has 0 aliphatic heterocycles. The number of carbonyl (C=O) groups excluding carboxylic acids is 1. The molecule has 1 N–H and O–H groups in total. The van der Waals surface area contributed by atoms with Crippen LogP contribution in [0, 0.1) is 18.3 Å². The zero-order chi connectivity index (χ0) is 27.1. The van der Waals surface area contributed by atoms with Crippen molar-refractivity contribution >= 4 is 40.0 Å². The van der Waals surface area contributed by atoms with Crippen LogP contribution in [0.1, 0.15) is 22.3 Å². The zero-order valence-corrected chi connectivity index (χ0v) is 22.0. The van der Waals surface area contributed by atoms with E-state index in [4.69, 9.17) is 21.1 Å². The molecule has 0 unspecified atom stereocenters. The summed E-state index contributed by atoms with van der Waals surface area (Å²) in [5.74, 6) is 0.564. The van der Waals surface area contributed by atoms with Gasteiger partial charge in [-0.05, 0) is 77.2 Å². The van der Waals surface area contributed by atoms with E-state index >= 15 is 0 Å². The highest BCUT2D eigenvalue weighted by Gasteiger charge is 2.16. The molecule has 0 saturated heterocycles. The molecule has 1 amide bonds. The van der Waals surface area contributed by atoms with Gasteiger partial charge >= 0.3 is 0 Å². The Labute approximate surface area is 227 Å². The minimum atomic E-state index is -0.529. The van der Waals surface area contributed by atoms with E-state index in [2.05, 4.69) is 36.2 Å². The first kappa shape index (κ1) is 26.5. The van der Waals surface area contributed by atoms with E-state index in [0.29, 0.717) is 40.8 Å². The van der Waals surface area contributed by atoms with Gasteiger partial charge in [0.2, 0.25) is 0 Å². The average molecular weight is 523 g/mol. The normalized spacial score (nSPS) is 11.1. The Hall–Kier alpha value is -4.53. The second-order valence-corrected chi connectivity index (χ2v) is 9.12. The van der Waals surface area contributed by atoms with E-state index in [0.717, 1.165) is 22.1 Å². The lowest BCUT2D eigenvalue weighted by Crippen LogP contribution is -2.14. The zero-order valence-electron chi connectivity index (χ0n) is 21.3. The maximum absolute atomic E-state index is 12.9. The molecule has 0 saturated carbocycles. The predicted molar refractivity (Wildman–Crippen MR) is 154 cm³/mol. The van der Waals surface area contributed by atoms with E-state index in [9.17, 15) is 10.1 Å². The summed E-state index contributed by atoms with van der Waals surface area (Å²) < 4.78 is 11.9. The maximum Gasteiger partial charge on any atom is 0.266 e. The average Bonchev–Trinajstić information content (AvgIpc) is 2.93. The number of ether oxygens (including phenoxy) is 2. The third kappa shape index (κ3) is 6.05. The molecule has 5 nitrogen and oxygen atoms in total. The van der Waals surface area contributed by atoms with Crippen LogP contribution >= 0.6 is 11.6 Å². The van der Waals surface area contributed by atoms with E-state index in [1.807, 2.05) is 30.3 Å². The lowest BCUT2D eigenvalue weighted by Gasteiger charge is -2.16. The van der Waals surface area contributed by atoms with E-state index in [1.165, 1.54) is 11.5 Å². The number of nitrogens with zero attached hydrogens (tertiary/aromatic N) is 1. The van der Waals surface area contributed by atoms with Gasteiger partial charge in [0.1, 0.15) is 18.2 Å². The summed E-state index contributed by atoms with van der Waals surface area (Å²) in [5.41, 5.74) is 3.70. The first-order valence-corrected chi connectivity index (χ1v) is 12.4. The van der Waals surface area contributed by atoms with Crippen LogP contribution in [0.4, 0.5) is 5.69 Å². The fraction of sp³-hybridized carbons (Fsp3) is 0.125. The number of hydrogen-bond acceptors (Lipinski definition) is 4. The van der Waals surface area contributed by atoms with Gasteiger partial charge in [0.05, 0.1) is 7.11 Å². The van der Waals surface area contributed by atoms with Crippen molar-refractivity contribution in [2.75, 3.05) is 12.4 Å². The van der Waals surface area contributed by atoms with Crippen LogP contribution in [0.3, 0.4) is 0 Å². The largest absolute Gasteiger partial charge is 0.493 e. The molecule has 4 aromatic rings. The molecule has 38 heavy (non-hydrogen) atoms. The number of anilines is 1. The molecule has 0 aliphatic carbocycles. The van der Waals surface area contributed by atoms with E-state index < -0.39 is 5.91 Å². The standard InChI is InChI=1S/C32H27ClN2O3/c1-4-8-26-16-23(17-27(19-34)32(36)35-29-12-7-11-28(33)21(29)2)18-30(37-3)31(26)38-20-22-13-14-24-9-5-6-10-25(24)15-22/h4-7,9-18H,1,8,20H2,2-3H3,(H,35,36)/b27-17+. The molecule has 6 heteroatoms. The molecule has 0 aromatic heterocycles. The van der Waals surface area contributed by atoms with Gasteiger partial charge in [0, 0.05) is 16.3 Å². The van der Waals surface area contributed by atoms with Crippen molar-refractivity contribution in [1.29, 1.82) is 5.26 Å². The van der Waals surface area contributed by atoms with Crippen molar-refractivity contribution in [2.45, 2.75) is 20.0 Å². The Morgan fingerprint density at radius 3 is 2.61 bits per heavy atom. The number of benzene rings is 4. The Morgan fingerprint density at radius 2 is 1.87 bits per heavy atom. The lowest BCUT2D eigenvalue weighted by atomic mass is 10.0. The van der Waals surface area contributed by atoms with Crippen LogP contribution in [-0.2, 0) is 17.8 Å². The number of fused-ring (bicyclic) bond motifs is 1. The van der Waals surface area contributed by atoms with Gasteiger partial charge in [-0.25, -0.2) is 0 Å². The molecule has 0 aliphatic rings. The van der Waals surface area contributed by atoms with Gasteiger partial charge in [-0.3, -0.25) is 4.79 Å². The van der Waals surface area contributed by atoms with Gasteiger partial charge in [0.25, 0.3) is 5.91 Å². The summed E-state index contributed by atoms with van der Waals surface area (Å²) in [6, 6.07) is 25.2. The number of nitriles is 1.